The van der Waals surface area contributed by atoms with E-state index in [1.54, 1.807) is 0 Å². The van der Waals surface area contributed by atoms with Crippen LogP contribution in [0.3, 0.4) is 0 Å². The standard InChI is InChI=1S/C12H17NO2/c1-3-11(2)13(10-14)15-9-12-7-5-4-6-8-12/h4-8,10-11H,3,9H2,1-2H3. The van der Waals surface area contributed by atoms with E-state index in [1.807, 2.05) is 44.2 Å². The fraction of sp³-hybridized carbons (Fsp3) is 0.417. The summed E-state index contributed by atoms with van der Waals surface area (Å²) in [6.45, 7) is 4.41. The summed E-state index contributed by atoms with van der Waals surface area (Å²) in [5, 5.41) is 1.37. The summed E-state index contributed by atoms with van der Waals surface area (Å²) in [7, 11) is 0. The molecule has 3 heteroatoms. The van der Waals surface area contributed by atoms with E-state index in [1.165, 1.54) is 5.06 Å². The Morgan fingerprint density at radius 2 is 2.07 bits per heavy atom. The van der Waals surface area contributed by atoms with Gasteiger partial charge in [0.2, 0.25) is 6.41 Å². The Morgan fingerprint density at radius 3 is 2.60 bits per heavy atom. The number of hydrogen-bond donors (Lipinski definition) is 0. The van der Waals surface area contributed by atoms with Gasteiger partial charge in [0.1, 0.15) is 6.61 Å². The largest absolute Gasteiger partial charge is 0.276 e. The van der Waals surface area contributed by atoms with E-state index in [0.717, 1.165) is 18.4 Å². The van der Waals surface area contributed by atoms with Crippen LogP contribution in [0.25, 0.3) is 0 Å². The molecule has 0 saturated heterocycles. The van der Waals surface area contributed by atoms with Crippen LogP contribution in [0.4, 0.5) is 0 Å². The van der Waals surface area contributed by atoms with Crippen LogP contribution < -0.4 is 0 Å². The van der Waals surface area contributed by atoms with Crippen LogP contribution in [-0.2, 0) is 16.2 Å². The SMILES string of the molecule is CCC(C)N(C=O)OCc1ccccc1. The lowest BCUT2D eigenvalue weighted by molar-refractivity contribution is -0.190. The minimum atomic E-state index is 0.117. The van der Waals surface area contributed by atoms with Crippen LogP contribution in [0.2, 0.25) is 0 Å². The van der Waals surface area contributed by atoms with Gasteiger partial charge in [-0.2, -0.15) is 0 Å². The molecule has 0 N–H and O–H groups in total. The molecule has 82 valence electrons. The fourth-order valence-electron chi connectivity index (χ4n) is 1.16. The quantitative estimate of drug-likeness (QED) is 0.529. The zero-order chi connectivity index (χ0) is 11.1. The smallest absolute Gasteiger partial charge is 0.233 e. The molecule has 1 aromatic rings. The molecule has 0 aliphatic carbocycles. The van der Waals surface area contributed by atoms with Crippen molar-refractivity contribution in [2.45, 2.75) is 32.9 Å². The van der Waals surface area contributed by atoms with E-state index in [4.69, 9.17) is 4.84 Å². The maximum atomic E-state index is 10.7. The molecule has 1 aromatic carbocycles. The molecule has 0 spiro atoms. The summed E-state index contributed by atoms with van der Waals surface area (Å²) < 4.78 is 0. The number of nitrogens with zero attached hydrogens (tertiary/aromatic N) is 1. The summed E-state index contributed by atoms with van der Waals surface area (Å²) in [6.07, 6.45) is 1.62. The van der Waals surface area contributed by atoms with Gasteiger partial charge in [-0.25, -0.2) is 5.06 Å². The molecule has 0 saturated carbocycles. The predicted molar refractivity (Wildman–Crippen MR) is 58.9 cm³/mol. The number of hydrogen-bond acceptors (Lipinski definition) is 2. The monoisotopic (exact) mass is 207 g/mol. The number of carbonyl (C=O) groups is 1. The molecule has 1 atom stereocenters. The van der Waals surface area contributed by atoms with Crippen molar-refractivity contribution in [3.05, 3.63) is 35.9 Å². The highest BCUT2D eigenvalue weighted by atomic mass is 16.7. The molecule has 0 aliphatic rings. The van der Waals surface area contributed by atoms with Gasteiger partial charge in [0, 0.05) is 0 Å². The fourth-order valence-corrected chi connectivity index (χ4v) is 1.16. The molecule has 0 bridgehead atoms. The molecule has 0 aliphatic heterocycles. The zero-order valence-electron chi connectivity index (χ0n) is 9.22. The normalized spacial score (nSPS) is 12.1. The van der Waals surface area contributed by atoms with E-state index in [2.05, 4.69) is 0 Å². The second kappa shape index (κ2) is 6.19. The Kier molecular flexibility index (Phi) is 4.84. The highest BCUT2D eigenvalue weighted by molar-refractivity contribution is 5.45. The van der Waals surface area contributed by atoms with Crippen molar-refractivity contribution in [1.82, 2.24) is 5.06 Å². The molecule has 1 unspecified atom stereocenters. The van der Waals surface area contributed by atoms with Gasteiger partial charge in [-0.1, -0.05) is 37.3 Å². The molecular weight excluding hydrogens is 190 g/mol. The Hall–Kier alpha value is -1.35. The molecule has 0 heterocycles. The summed E-state index contributed by atoms with van der Waals surface area (Å²) in [4.78, 5) is 16.1. The van der Waals surface area contributed by atoms with Crippen molar-refractivity contribution in [1.29, 1.82) is 0 Å². The summed E-state index contributed by atoms with van der Waals surface area (Å²) in [5.74, 6) is 0. The third kappa shape index (κ3) is 3.72. The Labute approximate surface area is 90.6 Å². The minimum absolute atomic E-state index is 0.117. The Morgan fingerprint density at radius 1 is 1.40 bits per heavy atom. The lowest BCUT2D eigenvalue weighted by Crippen LogP contribution is -2.31. The maximum Gasteiger partial charge on any atom is 0.233 e. The molecule has 3 nitrogen and oxygen atoms in total. The second-order valence-corrected chi connectivity index (χ2v) is 3.48. The van der Waals surface area contributed by atoms with Crippen molar-refractivity contribution in [2.75, 3.05) is 0 Å². The highest BCUT2D eigenvalue weighted by Gasteiger charge is 2.09. The van der Waals surface area contributed by atoms with E-state index in [-0.39, 0.29) is 6.04 Å². The molecule has 1 rings (SSSR count). The average molecular weight is 207 g/mol. The van der Waals surface area contributed by atoms with E-state index >= 15 is 0 Å². The molecule has 0 aromatic heterocycles. The van der Waals surface area contributed by atoms with Gasteiger partial charge >= 0.3 is 0 Å². The first-order valence-electron chi connectivity index (χ1n) is 5.18. The second-order valence-electron chi connectivity index (χ2n) is 3.48. The summed E-state index contributed by atoms with van der Waals surface area (Å²) >= 11 is 0. The van der Waals surface area contributed by atoms with Gasteiger partial charge in [0.25, 0.3) is 0 Å². The van der Waals surface area contributed by atoms with Crippen molar-refractivity contribution in [3.63, 3.8) is 0 Å². The molecule has 15 heavy (non-hydrogen) atoms. The third-order valence-corrected chi connectivity index (χ3v) is 2.35. The maximum absolute atomic E-state index is 10.7. The Bertz CT molecular complexity index is 287. The average Bonchev–Trinajstić information content (AvgIpc) is 2.31. The van der Waals surface area contributed by atoms with Gasteiger partial charge in [-0.15, -0.1) is 0 Å². The minimum Gasteiger partial charge on any atom is -0.276 e. The molecule has 0 radical (unpaired) electrons. The van der Waals surface area contributed by atoms with Crippen molar-refractivity contribution in [3.8, 4) is 0 Å². The lowest BCUT2D eigenvalue weighted by atomic mass is 10.2. The van der Waals surface area contributed by atoms with E-state index in [0.29, 0.717) is 6.61 Å². The van der Waals surface area contributed by atoms with Gasteiger partial charge < -0.3 is 0 Å². The van der Waals surface area contributed by atoms with Gasteiger partial charge in [0.05, 0.1) is 6.04 Å². The first-order valence-corrected chi connectivity index (χ1v) is 5.18. The third-order valence-electron chi connectivity index (χ3n) is 2.35. The Balaban J connectivity index is 2.44. The molecular formula is C12H17NO2. The summed E-state index contributed by atoms with van der Waals surface area (Å²) in [5.41, 5.74) is 1.06. The van der Waals surface area contributed by atoms with Crippen LogP contribution >= 0.6 is 0 Å². The molecule has 1 amide bonds. The number of rotatable bonds is 6. The number of benzene rings is 1. The predicted octanol–water partition coefficient (Wildman–Crippen LogP) is 2.38. The lowest BCUT2D eigenvalue weighted by Gasteiger charge is -2.22. The van der Waals surface area contributed by atoms with Crippen LogP contribution in [-0.4, -0.2) is 17.5 Å². The van der Waals surface area contributed by atoms with Crippen LogP contribution in [0.1, 0.15) is 25.8 Å². The zero-order valence-corrected chi connectivity index (χ0v) is 9.22. The first-order chi connectivity index (χ1) is 7.27. The van der Waals surface area contributed by atoms with Gasteiger partial charge in [-0.3, -0.25) is 9.63 Å². The topological polar surface area (TPSA) is 29.5 Å². The molecule has 0 fully saturated rings. The van der Waals surface area contributed by atoms with E-state index in [9.17, 15) is 4.79 Å². The van der Waals surface area contributed by atoms with E-state index < -0.39 is 0 Å². The van der Waals surface area contributed by atoms with Crippen molar-refractivity contribution in [2.24, 2.45) is 0 Å². The van der Waals surface area contributed by atoms with Gasteiger partial charge in [0.15, 0.2) is 0 Å². The van der Waals surface area contributed by atoms with Gasteiger partial charge in [-0.05, 0) is 18.9 Å². The number of carbonyl (C=O) groups excluding carboxylic acids is 1. The van der Waals surface area contributed by atoms with Crippen LogP contribution in [0, 0.1) is 0 Å². The first kappa shape index (κ1) is 11.7. The van der Waals surface area contributed by atoms with Crippen molar-refractivity contribution < 1.29 is 9.63 Å². The number of amides is 1. The highest BCUT2D eigenvalue weighted by Crippen LogP contribution is 2.06. The van der Waals surface area contributed by atoms with Crippen LogP contribution in [0.15, 0.2) is 30.3 Å². The summed E-state index contributed by atoms with van der Waals surface area (Å²) in [6, 6.07) is 9.92. The van der Waals surface area contributed by atoms with Crippen molar-refractivity contribution >= 4 is 6.41 Å². The number of hydroxylamine groups is 2. The van der Waals surface area contributed by atoms with Crippen LogP contribution in [0.5, 0.6) is 0 Å².